The zero-order valence-electron chi connectivity index (χ0n) is 10.3. The molecule has 0 aromatic rings. The summed E-state index contributed by atoms with van der Waals surface area (Å²) in [5.74, 6) is 0.669. The molecule has 0 N–H and O–H groups in total. The van der Waals surface area contributed by atoms with E-state index in [-0.39, 0.29) is 6.09 Å². The Kier molecular flexibility index (Phi) is 5.02. The van der Waals surface area contributed by atoms with E-state index < -0.39 is 0 Å². The lowest BCUT2D eigenvalue weighted by atomic mass is 10.3. The first-order valence-electron chi connectivity index (χ1n) is 5.71. The third kappa shape index (κ3) is 4.47. The Morgan fingerprint density at radius 2 is 2.00 bits per heavy atom. The first-order chi connectivity index (χ1) is 7.65. The Balaban J connectivity index is 0.000000365. The van der Waals surface area contributed by atoms with E-state index in [9.17, 15) is 4.79 Å². The van der Waals surface area contributed by atoms with E-state index in [1.54, 1.807) is 7.05 Å². The number of amides is 1. The van der Waals surface area contributed by atoms with Gasteiger partial charge in [0, 0.05) is 7.05 Å². The van der Waals surface area contributed by atoms with Crippen LogP contribution in [0.15, 0.2) is 16.6 Å². The lowest BCUT2D eigenvalue weighted by Crippen LogP contribution is -2.30. The summed E-state index contributed by atoms with van der Waals surface area (Å²) in [5, 5.41) is 0. The highest BCUT2D eigenvalue weighted by Gasteiger charge is 2.24. The van der Waals surface area contributed by atoms with E-state index in [0.717, 1.165) is 5.57 Å². The van der Waals surface area contributed by atoms with Gasteiger partial charge in [-0.05, 0) is 19.9 Å². The first kappa shape index (κ1) is 12.7. The summed E-state index contributed by atoms with van der Waals surface area (Å²) in [6.45, 7) is 4.98. The van der Waals surface area contributed by atoms with Crippen LogP contribution in [-0.4, -0.2) is 37.0 Å². The van der Waals surface area contributed by atoms with Crippen molar-refractivity contribution in [1.82, 2.24) is 4.90 Å². The number of amidine groups is 1. The van der Waals surface area contributed by atoms with E-state index in [2.05, 4.69) is 4.99 Å². The molecule has 4 heteroatoms. The van der Waals surface area contributed by atoms with Gasteiger partial charge in [0.2, 0.25) is 0 Å². The zero-order chi connectivity index (χ0) is 12.0. The molecule has 2 aliphatic rings. The van der Waals surface area contributed by atoms with E-state index >= 15 is 0 Å². The molecule has 0 spiro atoms. The van der Waals surface area contributed by atoms with Crippen LogP contribution in [0, 0.1) is 0 Å². The molecule has 1 amide bonds. The number of hydrogen-bond donors (Lipinski definition) is 0. The van der Waals surface area contributed by atoms with Crippen LogP contribution in [0.1, 0.15) is 33.1 Å². The van der Waals surface area contributed by atoms with Gasteiger partial charge in [0.15, 0.2) is 0 Å². The van der Waals surface area contributed by atoms with Gasteiger partial charge in [-0.2, -0.15) is 0 Å². The maximum absolute atomic E-state index is 11.1. The number of ether oxygens (including phenoxy) is 1. The zero-order valence-corrected chi connectivity index (χ0v) is 10.3. The Morgan fingerprint density at radius 1 is 1.38 bits per heavy atom. The predicted octanol–water partition coefficient (Wildman–Crippen LogP) is 2.60. The van der Waals surface area contributed by atoms with Gasteiger partial charge < -0.3 is 4.74 Å². The normalized spacial score (nSPS) is 18.6. The van der Waals surface area contributed by atoms with E-state index in [0.29, 0.717) is 19.0 Å². The number of carbonyl (C=O) groups excluding carboxylic acids is 1. The van der Waals surface area contributed by atoms with Crippen LogP contribution < -0.4 is 0 Å². The van der Waals surface area contributed by atoms with Crippen LogP contribution in [0.2, 0.25) is 0 Å². The molecule has 1 aliphatic carbocycles. The molecule has 1 heterocycles. The highest BCUT2D eigenvalue weighted by atomic mass is 16.6. The van der Waals surface area contributed by atoms with Crippen molar-refractivity contribution in [2.24, 2.45) is 4.99 Å². The first-order valence-corrected chi connectivity index (χ1v) is 5.71. The number of rotatable bonds is 1. The van der Waals surface area contributed by atoms with Crippen molar-refractivity contribution < 1.29 is 9.53 Å². The van der Waals surface area contributed by atoms with Crippen LogP contribution in [0.5, 0.6) is 0 Å². The number of hydrogen-bond acceptors (Lipinski definition) is 3. The Morgan fingerprint density at radius 3 is 2.31 bits per heavy atom. The van der Waals surface area contributed by atoms with Crippen molar-refractivity contribution in [3.8, 4) is 0 Å². The van der Waals surface area contributed by atoms with Crippen LogP contribution in [0.4, 0.5) is 4.79 Å². The fourth-order valence-corrected chi connectivity index (χ4v) is 1.12. The molecular formula is C12H20N2O2. The van der Waals surface area contributed by atoms with Gasteiger partial charge >= 0.3 is 6.09 Å². The minimum Gasteiger partial charge on any atom is -0.447 e. The molecule has 0 bridgehead atoms. The van der Waals surface area contributed by atoms with Gasteiger partial charge in [-0.25, -0.2) is 4.79 Å². The molecule has 16 heavy (non-hydrogen) atoms. The van der Waals surface area contributed by atoms with Crippen molar-refractivity contribution in [2.75, 3.05) is 20.2 Å². The molecular weight excluding hydrogens is 204 g/mol. The van der Waals surface area contributed by atoms with Gasteiger partial charge in [0.1, 0.15) is 12.4 Å². The molecule has 90 valence electrons. The highest BCUT2D eigenvalue weighted by molar-refractivity contribution is 6.03. The third-order valence-corrected chi connectivity index (χ3v) is 2.04. The number of aliphatic imine (C=N–C) groups is 1. The average Bonchev–Trinajstić information content (AvgIpc) is 3.05. The molecule has 1 saturated carbocycles. The van der Waals surface area contributed by atoms with Gasteiger partial charge in [-0.3, -0.25) is 9.89 Å². The largest absolute Gasteiger partial charge is 0.447 e. The summed E-state index contributed by atoms with van der Waals surface area (Å²) in [6, 6.07) is 0. The van der Waals surface area contributed by atoms with Gasteiger partial charge in [-0.1, -0.05) is 24.8 Å². The molecule has 0 aromatic carbocycles. The molecule has 4 nitrogen and oxygen atoms in total. The molecule has 2 rings (SSSR count). The van der Waals surface area contributed by atoms with E-state index in [1.807, 2.05) is 19.9 Å². The van der Waals surface area contributed by atoms with Crippen molar-refractivity contribution >= 4 is 11.9 Å². The molecule has 0 unspecified atom stereocenters. The second kappa shape index (κ2) is 6.30. The standard InChI is InChI=1S/C9H14N2O2.C3H6/c1-7(2)6-8(10-3)11-4-5-13-9(11)12;1-2-3-1/h6H,4-5H2,1-3H3;1-3H2. The summed E-state index contributed by atoms with van der Waals surface area (Å²) in [7, 11) is 1.67. The minimum atomic E-state index is -0.307. The van der Waals surface area contributed by atoms with Crippen LogP contribution >= 0.6 is 0 Å². The summed E-state index contributed by atoms with van der Waals surface area (Å²) >= 11 is 0. The third-order valence-electron chi connectivity index (χ3n) is 2.04. The van der Waals surface area contributed by atoms with Crippen LogP contribution in [0.3, 0.4) is 0 Å². The molecule has 1 saturated heterocycles. The quantitative estimate of drug-likeness (QED) is 0.507. The lowest BCUT2D eigenvalue weighted by molar-refractivity contribution is 0.168. The number of nitrogens with zero attached hydrogens (tertiary/aromatic N) is 2. The minimum absolute atomic E-state index is 0.307. The molecule has 0 atom stereocenters. The molecule has 0 radical (unpaired) electrons. The van der Waals surface area contributed by atoms with Crippen molar-refractivity contribution in [3.63, 3.8) is 0 Å². The number of carbonyl (C=O) groups is 1. The van der Waals surface area contributed by atoms with Crippen LogP contribution in [-0.2, 0) is 4.74 Å². The maximum atomic E-state index is 11.1. The molecule has 0 aromatic heterocycles. The summed E-state index contributed by atoms with van der Waals surface area (Å²) in [5.41, 5.74) is 1.11. The van der Waals surface area contributed by atoms with E-state index in [4.69, 9.17) is 4.74 Å². The van der Waals surface area contributed by atoms with Crippen molar-refractivity contribution in [3.05, 3.63) is 11.6 Å². The summed E-state index contributed by atoms with van der Waals surface area (Å²) in [6.07, 6.45) is 6.06. The fourth-order valence-electron chi connectivity index (χ4n) is 1.12. The summed E-state index contributed by atoms with van der Waals surface area (Å²) in [4.78, 5) is 16.7. The van der Waals surface area contributed by atoms with Crippen LogP contribution in [0.25, 0.3) is 0 Å². The monoisotopic (exact) mass is 224 g/mol. The van der Waals surface area contributed by atoms with Crippen molar-refractivity contribution in [2.45, 2.75) is 33.1 Å². The SMILES string of the molecule is C1CC1.CN=C(C=C(C)C)N1CCOC1=O. The lowest BCUT2D eigenvalue weighted by Gasteiger charge is -2.11. The Labute approximate surface area is 97.0 Å². The number of allylic oxidation sites excluding steroid dienone is 1. The second-order valence-corrected chi connectivity index (χ2v) is 4.13. The van der Waals surface area contributed by atoms with Gasteiger partial charge in [-0.15, -0.1) is 0 Å². The molecule has 1 aliphatic heterocycles. The second-order valence-electron chi connectivity index (χ2n) is 4.13. The van der Waals surface area contributed by atoms with Crippen molar-refractivity contribution in [1.29, 1.82) is 0 Å². The molecule has 2 fully saturated rings. The fraction of sp³-hybridized carbons (Fsp3) is 0.667. The Hall–Kier alpha value is -1.32. The predicted molar refractivity (Wildman–Crippen MR) is 64.7 cm³/mol. The van der Waals surface area contributed by atoms with Gasteiger partial charge in [0.05, 0.1) is 6.54 Å². The average molecular weight is 224 g/mol. The highest BCUT2D eigenvalue weighted by Crippen LogP contribution is 2.14. The van der Waals surface area contributed by atoms with E-state index in [1.165, 1.54) is 24.2 Å². The maximum Gasteiger partial charge on any atom is 0.415 e. The van der Waals surface area contributed by atoms with Gasteiger partial charge in [0.25, 0.3) is 0 Å². The summed E-state index contributed by atoms with van der Waals surface area (Å²) < 4.78 is 4.81. The topological polar surface area (TPSA) is 41.9 Å². The smallest absolute Gasteiger partial charge is 0.415 e. The number of cyclic esters (lactones) is 1. The Bertz CT molecular complexity index is 299.